The number of fused-ring (bicyclic) bond motifs is 1. The van der Waals surface area contributed by atoms with Gasteiger partial charge in [-0.15, -0.1) is 11.3 Å². The number of aromatic nitrogens is 2. The summed E-state index contributed by atoms with van der Waals surface area (Å²) in [5.41, 5.74) is 4.15. The fraction of sp³-hybridized carbons (Fsp3) is 0.409. The molecule has 0 N–H and O–H groups in total. The molecule has 0 saturated carbocycles. The Balaban J connectivity index is 1.70. The summed E-state index contributed by atoms with van der Waals surface area (Å²) in [4.78, 5) is 33.0. The molecule has 3 heterocycles. The Bertz CT molecular complexity index is 1080. The zero-order valence-corrected chi connectivity index (χ0v) is 17.2. The third kappa shape index (κ3) is 3.61. The van der Waals surface area contributed by atoms with Gasteiger partial charge in [0.25, 0.3) is 5.56 Å². The second kappa shape index (κ2) is 7.87. The smallest absolute Gasteiger partial charge is 0.263 e. The second-order valence-corrected chi connectivity index (χ2v) is 8.48. The number of nitrogens with zero attached hydrogens (tertiary/aromatic N) is 3. The molecule has 6 heteroatoms. The summed E-state index contributed by atoms with van der Waals surface area (Å²) in [5, 5.41) is 2.61. The normalized spacial score (nSPS) is 15.0. The van der Waals surface area contributed by atoms with Crippen molar-refractivity contribution < 1.29 is 4.79 Å². The van der Waals surface area contributed by atoms with Gasteiger partial charge in [0.1, 0.15) is 11.4 Å². The Hall–Kier alpha value is -2.47. The summed E-state index contributed by atoms with van der Waals surface area (Å²) in [5.74, 6) is 0.00782. The van der Waals surface area contributed by atoms with E-state index in [0.29, 0.717) is 5.39 Å². The van der Waals surface area contributed by atoms with E-state index < -0.39 is 0 Å². The van der Waals surface area contributed by atoms with E-state index in [1.165, 1.54) is 40.6 Å². The SMILES string of the molecule is Cc1ccc(-c2csc3ncn(CC(=O)N4CCCCCC4)c(=O)c23)c(C)c1. The molecule has 0 unspecified atom stereocenters. The van der Waals surface area contributed by atoms with E-state index in [-0.39, 0.29) is 18.0 Å². The van der Waals surface area contributed by atoms with Gasteiger partial charge in [-0.2, -0.15) is 0 Å². The zero-order valence-electron chi connectivity index (χ0n) is 16.4. The van der Waals surface area contributed by atoms with E-state index in [4.69, 9.17) is 0 Å². The van der Waals surface area contributed by atoms with E-state index in [2.05, 4.69) is 37.0 Å². The number of hydrogen-bond donors (Lipinski definition) is 0. The Kier molecular flexibility index (Phi) is 5.31. The minimum absolute atomic E-state index is 0.00782. The van der Waals surface area contributed by atoms with Gasteiger partial charge in [-0.25, -0.2) is 4.98 Å². The Morgan fingerprint density at radius 2 is 1.86 bits per heavy atom. The lowest BCUT2D eigenvalue weighted by molar-refractivity contribution is -0.131. The van der Waals surface area contributed by atoms with E-state index >= 15 is 0 Å². The molecule has 5 nitrogen and oxygen atoms in total. The number of aryl methyl sites for hydroxylation is 2. The average Bonchev–Trinajstić information content (AvgIpc) is 2.91. The van der Waals surface area contributed by atoms with Gasteiger partial charge in [0, 0.05) is 24.0 Å². The zero-order chi connectivity index (χ0) is 19.7. The number of carbonyl (C=O) groups is 1. The van der Waals surface area contributed by atoms with Crippen molar-refractivity contribution in [1.29, 1.82) is 0 Å². The summed E-state index contributed by atoms with van der Waals surface area (Å²) < 4.78 is 1.47. The molecule has 1 aromatic carbocycles. The lowest BCUT2D eigenvalue weighted by atomic mass is 9.99. The Labute approximate surface area is 168 Å². The second-order valence-electron chi connectivity index (χ2n) is 7.62. The first kappa shape index (κ1) is 18.9. The monoisotopic (exact) mass is 395 g/mol. The van der Waals surface area contributed by atoms with Crippen molar-refractivity contribution in [3.05, 3.63) is 51.4 Å². The van der Waals surface area contributed by atoms with Crippen LogP contribution in [0.25, 0.3) is 21.3 Å². The number of carbonyl (C=O) groups excluding carboxylic acids is 1. The van der Waals surface area contributed by atoms with Gasteiger partial charge in [0.05, 0.1) is 11.7 Å². The third-order valence-electron chi connectivity index (χ3n) is 5.50. The van der Waals surface area contributed by atoms with E-state index in [0.717, 1.165) is 47.5 Å². The molecule has 0 radical (unpaired) electrons. The molecule has 0 aliphatic carbocycles. The molecule has 1 fully saturated rings. The van der Waals surface area contributed by atoms with Crippen molar-refractivity contribution in [2.75, 3.05) is 13.1 Å². The van der Waals surface area contributed by atoms with Crippen molar-refractivity contribution in [1.82, 2.24) is 14.5 Å². The van der Waals surface area contributed by atoms with Crippen LogP contribution in [-0.4, -0.2) is 33.4 Å². The van der Waals surface area contributed by atoms with Crippen LogP contribution >= 0.6 is 11.3 Å². The molecule has 4 rings (SSSR count). The molecule has 1 aliphatic rings. The fourth-order valence-corrected chi connectivity index (χ4v) is 4.86. The molecule has 0 spiro atoms. The van der Waals surface area contributed by atoms with Crippen LogP contribution in [0.3, 0.4) is 0 Å². The molecule has 1 amide bonds. The van der Waals surface area contributed by atoms with Gasteiger partial charge in [-0.05, 0) is 37.8 Å². The van der Waals surface area contributed by atoms with Crippen molar-refractivity contribution >= 4 is 27.5 Å². The first-order chi connectivity index (χ1) is 13.5. The minimum atomic E-state index is -0.135. The molecule has 28 heavy (non-hydrogen) atoms. The molecule has 1 aliphatic heterocycles. The number of benzene rings is 1. The summed E-state index contributed by atoms with van der Waals surface area (Å²) in [6.07, 6.45) is 5.94. The summed E-state index contributed by atoms with van der Waals surface area (Å²) in [7, 11) is 0. The standard InChI is InChI=1S/C22H25N3O2S/c1-15-7-8-17(16(2)11-15)18-13-28-21-20(18)22(27)25(14-23-21)12-19(26)24-9-5-3-4-6-10-24/h7-8,11,13-14H,3-6,9-10,12H2,1-2H3. The van der Waals surface area contributed by atoms with E-state index in [1.807, 2.05) is 10.3 Å². The van der Waals surface area contributed by atoms with E-state index in [1.54, 1.807) is 0 Å². The molecule has 3 aromatic rings. The lowest BCUT2D eigenvalue weighted by Crippen LogP contribution is -2.37. The predicted octanol–water partition coefficient (Wildman–Crippen LogP) is 4.14. The van der Waals surface area contributed by atoms with Crippen molar-refractivity contribution in [2.24, 2.45) is 0 Å². The van der Waals surface area contributed by atoms with Crippen LogP contribution in [0.2, 0.25) is 0 Å². The number of thiophene rings is 1. The van der Waals surface area contributed by atoms with Crippen LogP contribution in [0.15, 0.2) is 34.7 Å². The van der Waals surface area contributed by atoms with Crippen LogP contribution in [0.1, 0.15) is 36.8 Å². The van der Waals surface area contributed by atoms with Gasteiger partial charge in [0.15, 0.2) is 0 Å². The van der Waals surface area contributed by atoms with Gasteiger partial charge in [0.2, 0.25) is 5.91 Å². The lowest BCUT2D eigenvalue weighted by Gasteiger charge is -2.20. The van der Waals surface area contributed by atoms with Crippen LogP contribution in [0.4, 0.5) is 0 Å². The largest absolute Gasteiger partial charge is 0.341 e. The van der Waals surface area contributed by atoms with Gasteiger partial charge >= 0.3 is 0 Å². The van der Waals surface area contributed by atoms with Crippen LogP contribution in [0.5, 0.6) is 0 Å². The summed E-state index contributed by atoms with van der Waals surface area (Å²) >= 11 is 1.47. The van der Waals surface area contributed by atoms with E-state index in [9.17, 15) is 9.59 Å². The summed E-state index contributed by atoms with van der Waals surface area (Å²) in [6.45, 7) is 5.75. The van der Waals surface area contributed by atoms with Crippen molar-refractivity contribution in [2.45, 2.75) is 46.1 Å². The molecule has 1 saturated heterocycles. The maximum absolute atomic E-state index is 13.2. The minimum Gasteiger partial charge on any atom is -0.341 e. The highest BCUT2D eigenvalue weighted by Gasteiger charge is 2.19. The Morgan fingerprint density at radius 1 is 1.11 bits per heavy atom. The molecule has 2 aromatic heterocycles. The number of rotatable bonds is 3. The maximum Gasteiger partial charge on any atom is 0.263 e. The fourth-order valence-electron chi connectivity index (χ4n) is 3.96. The van der Waals surface area contributed by atoms with Crippen molar-refractivity contribution in [3.63, 3.8) is 0 Å². The predicted molar refractivity (Wildman–Crippen MR) is 114 cm³/mol. The van der Waals surface area contributed by atoms with Crippen LogP contribution < -0.4 is 5.56 Å². The van der Waals surface area contributed by atoms with Gasteiger partial charge in [-0.1, -0.05) is 36.6 Å². The first-order valence-electron chi connectivity index (χ1n) is 9.86. The highest BCUT2D eigenvalue weighted by Crippen LogP contribution is 2.33. The highest BCUT2D eigenvalue weighted by atomic mass is 32.1. The highest BCUT2D eigenvalue weighted by molar-refractivity contribution is 7.17. The molecular weight excluding hydrogens is 370 g/mol. The van der Waals surface area contributed by atoms with Crippen LogP contribution in [0, 0.1) is 13.8 Å². The molecule has 0 atom stereocenters. The van der Waals surface area contributed by atoms with Crippen LogP contribution in [-0.2, 0) is 11.3 Å². The van der Waals surface area contributed by atoms with Gasteiger partial charge in [-0.3, -0.25) is 14.2 Å². The van der Waals surface area contributed by atoms with Gasteiger partial charge < -0.3 is 4.90 Å². The average molecular weight is 396 g/mol. The molecule has 146 valence electrons. The topological polar surface area (TPSA) is 55.2 Å². The number of likely N-dealkylation sites (tertiary alicyclic amines) is 1. The first-order valence-corrected chi connectivity index (χ1v) is 10.7. The number of amides is 1. The quantitative estimate of drug-likeness (QED) is 0.670. The summed E-state index contributed by atoms with van der Waals surface area (Å²) in [6, 6.07) is 6.24. The molecule has 0 bridgehead atoms. The number of hydrogen-bond acceptors (Lipinski definition) is 4. The molecular formula is C22H25N3O2S. The Morgan fingerprint density at radius 3 is 2.57 bits per heavy atom. The van der Waals surface area contributed by atoms with Crippen molar-refractivity contribution in [3.8, 4) is 11.1 Å². The maximum atomic E-state index is 13.2. The third-order valence-corrected chi connectivity index (χ3v) is 6.38.